The largest absolute Gasteiger partial charge is 0.352 e. The van der Waals surface area contributed by atoms with E-state index in [1.165, 1.54) is 25.7 Å². The van der Waals surface area contributed by atoms with Gasteiger partial charge in [-0.1, -0.05) is 25.7 Å². The second-order valence-corrected chi connectivity index (χ2v) is 5.41. The van der Waals surface area contributed by atoms with E-state index in [2.05, 4.69) is 11.4 Å². The van der Waals surface area contributed by atoms with Crippen LogP contribution in [0.25, 0.3) is 0 Å². The van der Waals surface area contributed by atoms with E-state index in [-0.39, 0.29) is 11.9 Å². The molecule has 0 aromatic heterocycles. The Labute approximate surface area is 110 Å². The molecule has 1 fully saturated rings. The summed E-state index contributed by atoms with van der Waals surface area (Å²) in [5, 5.41) is 11.8. The van der Waals surface area contributed by atoms with Gasteiger partial charge in [0.15, 0.2) is 0 Å². The van der Waals surface area contributed by atoms with Crippen LogP contribution in [0, 0.1) is 11.3 Å². The van der Waals surface area contributed by atoms with Gasteiger partial charge >= 0.3 is 0 Å². The molecule has 0 bridgehead atoms. The maximum Gasteiger partial charge on any atom is 0.234 e. The van der Waals surface area contributed by atoms with Crippen LogP contribution in [0.3, 0.4) is 0 Å². The number of nitrogens with one attached hydrogen (secondary N) is 1. The summed E-state index contributed by atoms with van der Waals surface area (Å²) in [6, 6.07) is 2.68. The van der Waals surface area contributed by atoms with Crippen LogP contribution in [-0.4, -0.2) is 36.0 Å². The smallest absolute Gasteiger partial charge is 0.234 e. The van der Waals surface area contributed by atoms with Crippen LogP contribution in [0.4, 0.5) is 0 Å². The van der Waals surface area contributed by atoms with Gasteiger partial charge in [-0.05, 0) is 26.7 Å². The van der Waals surface area contributed by atoms with Gasteiger partial charge in [0.25, 0.3) is 0 Å². The zero-order valence-electron chi connectivity index (χ0n) is 11.6. The number of amides is 1. The fourth-order valence-corrected chi connectivity index (χ4v) is 2.39. The van der Waals surface area contributed by atoms with Gasteiger partial charge in [-0.25, -0.2) is 0 Å². The lowest BCUT2D eigenvalue weighted by atomic mass is 10.1. The third-order valence-electron chi connectivity index (χ3n) is 3.57. The van der Waals surface area contributed by atoms with Crippen molar-refractivity contribution in [1.29, 1.82) is 5.26 Å². The Hall–Kier alpha value is -1.08. The van der Waals surface area contributed by atoms with E-state index in [0.717, 1.165) is 12.8 Å². The quantitative estimate of drug-likeness (QED) is 0.601. The summed E-state index contributed by atoms with van der Waals surface area (Å²) in [6.07, 6.45) is 7.23. The van der Waals surface area contributed by atoms with Crippen molar-refractivity contribution in [2.75, 3.05) is 13.1 Å². The molecule has 0 aliphatic heterocycles. The van der Waals surface area contributed by atoms with Crippen molar-refractivity contribution in [3.63, 3.8) is 0 Å². The highest BCUT2D eigenvalue weighted by atomic mass is 16.2. The topological polar surface area (TPSA) is 56.1 Å². The Morgan fingerprint density at radius 3 is 2.44 bits per heavy atom. The summed E-state index contributed by atoms with van der Waals surface area (Å²) in [4.78, 5) is 13.8. The van der Waals surface area contributed by atoms with Gasteiger partial charge in [0.05, 0.1) is 19.2 Å². The molecule has 0 aromatic rings. The van der Waals surface area contributed by atoms with Crippen molar-refractivity contribution >= 4 is 5.91 Å². The van der Waals surface area contributed by atoms with Crippen molar-refractivity contribution in [3.8, 4) is 6.07 Å². The summed E-state index contributed by atoms with van der Waals surface area (Å²) >= 11 is 0. The Bertz CT molecular complexity index is 288. The summed E-state index contributed by atoms with van der Waals surface area (Å²) < 4.78 is 0. The third-order valence-corrected chi connectivity index (χ3v) is 3.57. The number of hydrogen-bond donors (Lipinski definition) is 1. The molecule has 0 radical (unpaired) electrons. The maximum atomic E-state index is 12.0. The fraction of sp³-hybridized carbons (Fsp3) is 0.857. The molecule has 1 aliphatic carbocycles. The Morgan fingerprint density at radius 2 is 1.94 bits per heavy atom. The van der Waals surface area contributed by atoms with E-state index in [9.17, 15) is 4.79 Å². The van der Waals surface area contributed by atoms with Crippen molar-refractivity contribution in [1.82, 2.24) is 10.2 Å². The van der Waals surface area contributed by atoms with Gasteiger partial charge in [-0.15, -0.1) is 0 Å². The number of nitriles is 1. The zero-order valence-corrected chi connectivity index (χ0v) is 11.6. The van der Waals surface area contributed by atoms with Gasteiger partial charge in [0, 0.05) is 12.1 Å². The van der Waals surface area contributed by atoms with E-state index in [0.29, 0.717) is 19.1 Å². The molecule has 4 heteroatoms. The second-order valence-electron chi connectivity index (χ2n) is 5.41. The zero-order chi connectivity index (χ0) is 13.4. The molecule has 0 saturated heterocycles. The first-order chi connectivity index (χ1) is 8.63. The van der Waals surface area contributed by atoms with Crippen LogP contribution >= 0.6 is 0 Å². The number of nitrogens with zero attached hydrogens (tertiary/aromatic N) is 2. The molecule has 102 valence electrons. The predicted molar refractivity (Wildman–Crippen MR) is 72.0 cm³/mol. The van der Waals surface area contributed by atoms with Crippen LogP contribution in [-0.2, 0) is 4.79 Å². The molecular formula is C14H25N3O. The van der Waals surface area contributed by atoms with Crippen LogP contribution in [0.1, 0.15) is 52.4 Å². The van der Waals surface area contributed by atoms with Crippen molar-refractivity contribution < 1.29 is 4.79 Å². The summed E-state index contributed by atoms with van der Waals surface area (Å²) in [5.41, 5.74) is 0. The summed E-state index contributed by atoms with van der Waals surface area (Å²) in [5.74, 6) is 0.0610. The third kappa shape index (κ3) is 5.50. The van der Waals surface area contributed by atoms with E-state index in [1.54, 1.807) is 0 Å². The second kappa shape index (κ2) is 8.10. The molecule has 0 heterocycles. The number of carbonyl (C=O) groups excluding carboxylic acids is 1. The van der Waals surface area contributed by atoms with Gasteiger partial charge in [0.1, 0.15) is 0 Å². The van der Waals surface area contributed by atoms with E-state index < -0.39 is 0 Å². The molecule has 1 rings (SSSR count). The fourth-order valence-electron chi connectivity index (χ4n) is 2.39. The highest BCUT2D eigenvalue weighted by Gasteiger charge is 2.18. The molecule has 18 heavy (non-hydrogen) atoms. The highest BCUT2D eigenvalue weighted by Crippen LogP contribution is 2.17. The van der Waals surface area contributed by atoms with Gasteiger partial charge in [-0.3, -0.25) is 9.69 Å². The van der Waals surface area contributed by atoms with Crippen LogP contribution in [0.15, 0.2) is 0 Å². The molecule has 0 spiro atoms. The van der Waals surface area contributed by atoms with E-state index in [1.807, 2.05) is 18.7 Å². The summed E-state index contributed by atoms with van der Waals surface area (Å²) in [7, 11) is 0. The number of hydrogen-bond acceptors (Lipinski definition) is 3. The molecule has 1 amide bonds. The minimum Gasteiger partial charge on any atom is -0.352 e. The first-order valence-electron chi connectivity index (χ1n) is 7.04. The van der Waals surface area contributed by atoms with Crippen molar-refractivity contribution in [2.45, 2.75) is 64.5 Å². The van der Waals surface area contributed by atoms with Crippen LogP contribution in [0.2, 0.25) is 0 Å². The SMILES string of the molecule is CC(C)N(CC#N)CC(=O)NC1CCCCCC1. The van der Waals surface area contributed by atoms with Crippen molar-refractivity contribution in [3.05, 3.63) is 0 Å². The molecule has 1 aliphatic rings. The first kappa shape index (κ1) is 15.0. The maximum absolute atomic E-state index is 12.0. The van der Waals surface area contributed by atoms with Crippen LogP contribution < -0.4 is 5.32 Å². The van der Waals surface area contributed by atoms with Gasteiger partial charge in [0.2, 0.25) is 5.91 Å². The normalized spacial score (nSPS) is 17.5. The van der Waals surface area contributed by atoms with E-state index >= 15 is 0 Å². The minimum atomic E-state index is 0.0610. The van der Waals surface area contributed by atoms with Crippen molar-refractivity contribution in [2.24, 2.45) is 0 Å². The Balaban J connectivity index is 2.36. The molecule has 0 aromatic carbocycles. The van der Waals surface area contributed by atoms with Gasteiger partial charge in [-0.2, -0.15) is 5.26 Å². The Kier molecular flexibility index (Phi) is 6.74. The molecule has 1 saturated carbocycles. The molecule has 0 unspecified atom stereocenters. The average Bonchev–Trinajstić information content (AvgIpc) is 2.57. The molecular weight excluding hydrogens is 226 g/mol. The number of rotatable bonds is 5. The standard InChI is InChI=1S/C14H25N3O/c1-12(2)17(10-9-15)11-14(18)16-13-7-5-3-4-6-8-13/h12-13H,3-8,10-11H2,1-2H3,(H,16,18). The lowest BCUT2D eigenvalue weighted by Crippen LogP contribution is -2.44. The van der Waals surface area contributed by atoms with Gasteiger partial charge < -0.3 is 5.32 Å². The summed E-state index contributed by atoms with van der Waals surface area (Å²) in [6.45, 7) is 4.67. The predicted octanol–water partition coefficient (Wildman–Crippen LogP) is 2.06. The Morgan fingerprint density at radius 1 is 1.33 bits per heavy atom. The minimum absolute atomic E-state index is 0.0610. The van der Waals surface area contributed by atoms with E-state index in [4.69, 9.17) is 5.26 Å². The molecule has 0 atom stereocenters. The first-order valence-corrected chi connectivity index (χ1v) is 7.04. The molecule has 4 nitrogen and oxygen atoms in total. The highest BCUT2D eigenvalue weighted by molar-refractivity contribution is 5.78. The molecule has 1 N–H and O–H groups in total. The number of carbonyl (C=O) groups is 1. The monoisotopic (exact) mass is 251 g/mol. The lowest BCUT2D eigenvalue weighted by molar-refractivity contribution is -0.123. The van der Waals surface area contributed by atoms with Crippen LogP contribution in [0.5, 0.6) is 0 Å². The average molecular weight is 251 g/mol. The lowest BCUT2D eigenvalue weighted by Gasteiger charge is -2.24.